The van der Waals surface area contributed by atoms with Crippen LogP contribution >= 0.6 is 35.3 Å². The Bertz CT molecular complexity index is 540. The molecule has 0 unspecified atom stereocenters. The number of hydrogen-bond acceptors (Lipinski definition) is 2. The van der Waals surface area contributed by atoms with Crippen molar-refractivity contribution in [3.8, 4) is 0 Å². The Hall–Kier alpha value is -0.750. The minimum Gasteiger partial charge on any atom is -0.320 e. The predicted octanol–water partition coefficient (Wildman–Crippen LogP) is 4.89. The van der Waals surface area contributed by atoms with Gasteiger partial charge < -0.3 is 5.73 Å². The molecule has 0 bridgehead atoms. The maximum Gasteiger partial charge on any atom is 0.416 e. The van der Waals surface area contributed by atoms with Crippen LogP contribution < -0.4 is 5.73 Å². The lowest BCUT2D eigenvalue weighted by Crippen LogP contribution is -2.13. The van der Waals surface area contributed by atoms with Gasteiger partial charge >= 0.3 is 6.18 Å². The Labute approximate surface area is 123 Å². The molecule has 2 aromatic rings. The van der Waals surface area contributed by atoms with Crippen LogP contribution in [0.1, 0.15) is 22.7 Å². The van der Waals surface area contributed by atoms with Crippen molar-refractivity contribution in [2.24, 2.45) is 5.73 Å². The molecule has 0 aliphatic heterocycles. The van der Waals surface area contributed by atoms with Crippen molar-refractivity contribution >= 4 is 35.3 Å². The second-order valence-electron chi connectivity index (χ2n) is 3.81. The average molecular weight is 328 g/mol. The molecule has 104 valence electrons. The molecule has 0 fully saturated rings. The van der Waals surface area contributed by atoms with Crippen molar-refractivity contribution in [1.29, 1.82) is 0 Å². The first-order valence-corrected chi connectivity index (χ1v) is 6.35. The summed E-state index contributed by atoms with van der Waals surface area (Å²) in [7, 11) is 0. The van der Waals surface area contributed by atoms with Crippen molar-refractivity contribution < 1.29 is 13.2 Å². The van der Waals surface area contributed by atoms with Crippen molar-refractivity contribution in [3.63, 3.8) is 0 Å². The van der Waals surface area contributed by atoms with E-state index in [0.29, 0.717) is 5.56 Å². The zero-order valence-electron chi connectivity index (χ0n) is 9.45. The highest BCUT2D eigenvalue weighted by Crippen LogP contribution is 2.34. The lowest BCUT2D eigenvalue weighted by molar-refractivity contribution is -0.137. The second kappa shape index (κ2) is 6.13. The van der Waals surface area contributed by atoms with Crippen LogP contribution in [0.5, 0.6) is 0 Å². The van der Waals surface area contributed by atoms with Crippen molar-refractivity contribution in [1.82, 2.24) is 0 Å². The Morgan fingerprint density at radius 1 is 1.16 bits per heavy atom. The number of thiophene rings is 1. The van der Waals surface area contributed by atoms with E-state index in [1.54, 1.807) is 11.4 Å². The lowest BCUT2D eigenvalue weighted by Gasteiger charge is -2.14. The molecule has 1 aromatic carbocycles. The van der Waals surface area contributed by atoms with E-state index < -0.39 is 17.8 Å². The summed E-state index contributed by atoms with van der Waals surface area (Å²) in [4.78, 5) is 0. The van der Waals surface area contributed by atoms with Crippen molar-refractivity contribution in [2.45, 2.75) is 12.2 Å². The molecule has 0 saturated carbocycles. The predicted molar refractivity (Wildman–Crippen MR) is 74.1 cm³/mol. The third kappa shape index (κ3) is 3.86. The van der Waals surface area contributed by atoms with Gasteiger partial charge in [-0.2, -0.15) is 24.5 Å². The molecule has 1 heterocycles. The number of alkyl halides is 3. The highest BCUT2D eigenvalue weighted by atomic mass is 35.5. The average Bonchev–Trinajstić information content (AvgIpc) is 2.79. The molecule has 2 N–H and O–H groups in total. The van der Waals surface area contributed by atoms with Gasteiger partial charge in [0.1, 0.15) is 0 Å². The third-order valence-corrected chi connectivity index (χ3v) is 3.43. The Kier molecular flexibility index (Phi) is 5.26. The van der Waals surface area contributed by atoms with E-state index in [1.165, 1.54) is 17.4 Å². The third-order valence-electron chi connectivity index (χ3n) is 2.51. The quantitative estimate of drug-likeness (QED) is 0.834. The largest absolute Gasteiger partial charge is 0.416 e. The highest BCUT2D eigenvalue weighted by molar-refractivity contribution is 7.08. The van der Waals surface area contributed by atoms with E-state index in [4.69, 9.17) is 17.3 Å². The first-order valence-electron chi connectivity index (χ1n) is 5.03. The molecule has 0 amide bonds. The Balaban J connectivity index is 0.00000180. The molecule has 1 atom stereocenters. The lowest BCUT2D eigenvalue weighted by atomic mass is 10.00. The Morgan fingerprint density at radius 2 is 1.84 bits per heavy atom. The summed E-state index contributed by atoms with van der Waals surface area (Å²) >= 11 is 7.15. The topological polar surface area (TPSA) is 26.0 Å². The fourth-order valence-corrected chi connectivity index (χ4v) is 2.54. The van der Waals surface area contributed by atoms with Crippen molar-refractivity contribution in [3.05, 3.63) is 56.7 Å². The van der Waals surface area contributed by atoms with Crippen LogP contribution in [0.25, 0.3) is 0 Å². The van der Waals surface area contributed by atoms with Crippen LogP contribution in [-0.2, 0) is 6.18 Å². The van der Waals surface area contributed by atoms with E-state index in [9.17, 15) is 13.2 Å². The zero-order valence-corrected chi connectivity index (χ0v) is 11.8. The van der Waals surface area contributed by atoms with Gasteiger partial charge in [0.05, 0.1) is 11.6 Å². The second-order valence-corrected chi connectivity index (χ2v) is 5.02. The normalized spacial score (nSPS) is 12.9. The molecular weight excluding hydrogens is 318 g/mol. The van der Waals surface area contributed by atoms with Crippen LogP contribution in [0, 0.1) is 0 Å². The van der Waals surface area contributed by atoms with Gasteiger partial charge in [-0.05, 0) is 46.2 Å². The standard InChI is InChI=1S/C12H9ClF3NS.ClH/c13-10-4-8(3-9(5-10)12(14,15)16)11(17)7-1-2-18-6-7;/h1-6,11H,17H2;1H/t11-;/m0./s1. The first-order chi connectivity index (χ1) is 8.38. The minimum absolute atomic E-state index is 0. The SMILES string of the molecule is Cl.N[C@@H](c1ccsc1)c1cc(Cl)cc(C(F)(F)F)c1. The molecule has 0 spiro atoms. The summed E-state index contributed by atoms with van der Waals surface area (Å²) in [5.74, 6) is 0. The van der Waals surface area contributed by atoms with Gasteiger partial charge in [-0.1, -0.05) is 11.6 Å². The van der Waals surface area contributed by atoms with Gasteiger partial charge in [0.15, 0.2) is 0 Å². The molecule has 1 aromatic heterocycles. The van der Waals surface area contributed by atoms with Crippen LogP contribution in [-0.4, -0.2) is 0 Å². The summed E-state index contributed by atoms with van der Waals surface area (Å²) in [5.41, 5.74) is 6.27. The number of halogens is 5. The molecule has 1 nitrogen and oxygen atoms in total. The van der Waals surface area contributed by atoms with Crippen molar-refractivity contribution in [2.75, 3.05) is 0 Å². The Morgan fingerprint density at radius 3 is 2.37 bits per heavy atom. The van der Waals surface area contributed by atoms with Gasteiger partial charge in [-0.15, -0.1) is 12.4 Å². The summed E-state index contributed by atoms with van der Waals surface area (Å²) in [6.07, 6.45) is -4.42. The minimum atomic E-state index is -4.42. The van der Waals surface area contributed by atoms with E-state index in [2.05, 4.69) is 0 Å². The first kappa shape index (κ1) is 16.3. The van der Waals surface area contributed by atoms with E-state index >= 15 is 0 Å². The van der Waals surface area contributed by atoms with Crippen LogP contribution in [0.15, 0.2) is 35.0 Å². The van der Waals surface area contributed by atoms with E-state index in [-0.39, 0.29) is 17.4 Å². The molecule has 0 aliphatic rings. The molecule has 19 heavy (non-hydrogen) atoms. The maximum atomic E-state index is 12.7. The maximum absolute atomic E-state index is 12.7. The van der Waals surface area contributed by atoms with Gasteiger partial charge in [0, 0.05) is 5.02 Å². The number of nitrogens with two attached hydrogens (primary N) is 1. The summed E-state index contributed by atoms with van der Waals surface area (Å²) in [5, 5.41) is 3.66. The summed E-state index contributed by atoms with van der Waals surface area (Å²) in [6.45, 7) is 0. The van der Waals surface area contributed by atoms with E-state index in [1.807, 2.05) is 5.38 Å². The molecule has 0 aliphatic carbocycles. The molecule has 7 heteroatoms. The molecule has 2 rings (SSSR count). The van der Waals surface area contributed by atoms with Gasteiger partial charge in [-0.25, -0.2) is 0 Å². The number of hydrogen-bond donors (Lipinski definition) is 1. The fourth-order valence-electron chi connectivity index (χ4n) is 1.60. The van der Waals surface area contributed by atoms with Gasteiger partial charge in [0.25, 0.3) is 0 Å². The number of benzene rings is 1. The molecule has 0 radical (unpaired) electrons. The molecule has 0 saturated heterocycles. The zero-order chi connectivity index (χ0) is 13.3. The van der Waals surface area contributed by atoms with Gasteiger partial charge in [-0.3, -0.25) is 0 Å². The summed E-state index contributed by atoms with van der Waals surface area (Å²) < 4.78 is 38.0. The van der Waals surface area contributed by atoms with E-state index in [0.717, 1.165) is 17.7 Å². The van der Waals surface area contributed by atoms with Gasteiger partial charge in [0.2, 0.25) is 0 Å². The fraction of sp³-hybridized carbons (Fsp3) is 0.167. The smallest absolute Gasteiger partial charge is 0.320 e. The highest BCUT2D eigenvalue weighted by Gasteiger charge is 2.31. The monoisotopic (exact) mass is 327 g/mol. The molecular formula is C12H10Cl2F3NS. The van der Waals surface area contributed by atoms with Crippen LogP contribution in [0.4, 0.5) is 13.2 Å². The van der Waals surface area contributed by atoms with Crippen LogP contribution in [0.2, 0.25) is 5.02 Å². The number of rotatable bonds is 2. The summed E-state index contributed by atoms with van der Waals surface area (Å²) in [6, 6.07) is 4.57. The van der Waals surface area contributed by atoms with Crippen LogP contribution in [0.3, 0.4) is 0 Å².